The smallest absolute Gasteiger partial charge is 0.341 e. The van der Waals surface area contributed by atoms with E-state index in [1.165, 1.54) is 31.2 Å². The Bertz CT molecular complexity index is 852. The molecule has 1 aromatic heterocycles. The van der Waals surface area contributed by atoms with Gasteiger partial charge in [0.25, 0.3) is 5.69 Å². The number of nitro benzene ring substituents is 1. The van der Waals surface area contributed by atoms with Crippen LogP contribution >= 0.6 is 0 Å². The van der Waals surface area contributed by atoms with E-state index in [0.29, 0.717) is 28.1 Å². The van der Waals surface area contributed by atoms with Crippen LogP contribution in [0.25, 0.3) is 11.1 Å². The standard InChI is InChI=1S/C16H12N2O5/c1-8-13(9(2)19)14(15-12(17-8)7-23-16(15)20)10-3-5-11(6-4-10)18(21)22/h3-6H,7H2,1-2H3. The molecule has 3 rings (SSSR count). The number of non-ortho nitro benzene ring substituents is 1. The predicted molar refractivity (Wildman–Crippen MR) is 80.2 cm³/mol. The Morgan fingerprint density at radius 3 is 2.48 bits per heavy atom. The van der Waals surface area contributed by atoms with Crippen LogP contribution in [0.15, 0.2) is 24.3 Å². The Kier molecular flexibility index (Phi) is 3.40. The average molecular weight is 312 g/mol. The summed E-state index contributed by atoms with van der Waals surface area (Å²) < 4.78 is 5.02. The van der Waals surface area contributed by atoms with Gasteiger partial charge in [-0.15, -0.1) is 0 Å². The number of hydrogen-bond donors (Lipinski definition) is 0. The minimum Gasteiger partial charge on any atom is -0.455 e. The zero-order valence-electron chi connectivity index (χ0n) is 12.5. The number of carbonyl (C=O) groups excluding carboxylic acids is 2. The average Bonchev–Trinajstić information content (AvgIpc) is 2.86. The molecule has 1 aromatic carbocycles. The van der Waals surface area contributed by atoms with Gasteiger partial charge in [0, 0.05) is 29.0 Å². The molecule has 0 unspecified atom stereocenters. The molecular formula is C16H12N2O5. The maximum atomic E-state index is 12.0. The zero-order chi connectivity index (χ0) is 16.7. The number of ketones is 1. The molecule has 116 valence electrons. The van der Waals surface area contributed by atoms with E-state index in [2.05, 4.69) is 4.98 Å². The summed E-state index contributed by atoms with van der Waals surface area (Å²) in [6, 6.07) is 5.71. The van der Waals surface area contributed by atoms with Crippen molar-refractivity contribution in [1.82, 2.24) is 4.98 Å². The number of cyclic esters (lactones) is 1. The second-order valence-electron chi connectivity index (χ2n) is 5.21. The number of nitrogens with zero attached hydrogens (tertiary/aromatic N) is 2. The summed E-state index contributed by atoms with van der Waals surface area (Å²) in [5, 5.41) is 10.8. The molecular weight excluding hydrogens is 300 g/mol. The van der Waals surface area contributed by atoms with Gasteiger partial charge in [0.15, 0.2) is 5.78 Å². The molecule has 0 amide bonds. The van der Waals surface area contributed by atoms with Crippen molar-refractivity contribution in [2.75, 3.05) is 0 Å². The third-order valence-electron chi connectivity index (χ3n) is 3.72. The fraction of sp³-hybridized carbons (Fsp3) is 0.188. The zero-order valence-corrected chi connectivity index (χ0v) is 12.5. The van der Waals surface area contributed by atoms with Gasteiger partial charge in [0.05, 0.1) is 16.2 Å². The summed E-state index contributed by atoms with van der Waals surface area (Å²) in [6.07, 6.45) is 0. The lowest BCUT2D eigenvalue weighted by atomic mass is 9.91. The maximum absolute atomic E-state index is 12.0. The highest BCUT2D eigenvalue weighted by molar-refractivity contribution is 6.09. The van der Waals surface area contributed by atoms with Crippen molar-refractivity contribution >= 4 is 17.4 Å². The number of nitro groups is 1. The Morgan fingerprint density at radius 1 is 1.26 bits per heavy atom. The molecule has 0 fully saturated rings. The topological polar surface area (TPSA) is 99.4 Å². The summed E-state index contributed by atoms with van der Waals surface area (Å²) in [6.45, 7) is 3.15. The molecule has 2 aromatic rings. The van der Waals surface area contributed by atoms with E-state index in [0.717, 1.165) is 0 Å². The number of hydrogen-bond acceptors (Lipinski definition) is 6. The van der Waals surface area contributed by atoms with Crippen molar-refractivity contribution < 1.29 is 19.2 Å². The number of rotatable bonds is 3. The summed E-state index contributed by atoms with van der Waals surface area (Å²) >= 11 is 0. The summed E-state index contributed by atoms with van der Waals surface area (Å²) in [5.41, 5.74) is 2.47. The molecule has 0 aliphatic carbocycles. The highest BCUT2D eigenvalue weighted by Gasteiger charge is 2.31. The molecule has 1 aliphatic rings. The quantitative estimate of drug-likeness (QED) is 0.374. The molecule has 0 N–H and O–H groups in total. The van der Waals surface area contributed by atoms with Gasteiger partial charge in [-0.05, 0) is 31.5 Å². The molecule has 0 bridgehead atoms. The van der Waals surface area contributed by atoms with Crippen LogP contribution < -0.4 is 0 Å². The molecule has 0 atom stereocenters. The van der Waals surface area contributed by atoms with Crippen molar-refractivity contribution in [1.29, 1.82) is 0 Å². The van der Waals surface area contributed by atoms with Gasteiger partial charge < -0.3 is 4.74 Å². The van der Waals surface area contributed by atoms with E-state index >= 15 is 0 Å². The van der Waals surface area contributed by atoms with Crippen molar-refractivity contribution in [2.45, 2.75) is 20.5 Å². The van der Waals surface area contributed by atoms with Gasteiger partial charge >= 0.3 is 5.97 Å². The van der Waals surface area contributed by atoms with Crippen LogP contribution in [0, 0.1) is 17.0 Å². The molecule has 7 heteroatoms. The third-order valence-corrected chi connectivity index (χ3v) is 3.72. The van der Waals surface area contributed by atoms with Gasteiger partial charge in [-0.1, -0.05) is 0 Å². The molecule has 2 heterocycles. The Balaban J connectivity index is 2.31. The lowest BCUT2D eigenvalue weighted by molar-refractivity contribution is -0.384. The van der Waals surface area contributed by atoms with Gasteiger partial charge in [0.2, 0.25) is 0 Å². The van der Waals surface area contributed by atoms with Crippen LogP contribution in [0.2, 0.25) is 0 Å². The summed E-state index contributed by atoms with van der Waals surface area (Å²) in [5.74, 6) is -0.769. The maximum Gasteiger partial charge on any atom is 0.341 e. The number of Topliss-reactive ketones (excluding diaryl/α,β-unsaturated/α-hetero) is 1. The fourth-order valence-corrected chi connectivity index (χ4v) is 2.76. The minimum absolute atomic E-state index is 0.0627. The first-order chi connectivity index (χ1) is 10.9. The number of aryl methyl sites for hydroxylation is 1. The largest absolute Gasteiger partial charge is 0.455 e. The number of benzene rings is 1. The first kappa shape index (κ1) is 14.8. The van der Waals surface area contributed by atoms with Crippen LogP contribution in [0.4, 0.5) is 5.69 Å². The molecule has 0 radical (unpaired) electrons. The molecule has 23 heavy (non-hydrogen) atoms. The van der Waals surface area contributed by atoms with E-state index in [-0.39, 0.29) is 23.6 Å². The lowest BCUT2D eigenvalue weighted by Crippen LogP contribution is -2.09. The van der Waals surface area contributed by atoms with Crippen LogP contribution in [-0.4, -0.2) is 21.7 Å². The second kappa shape index (κ2) is 5.28. The number of ether oxygens (including phenoxy) is 1. The van der Waals surface area contributed by atoms with Crippen LogP contribution in [-0.2, 0) is 11.3 Å². The highest BCUT2D eigenvalue weighted by atomic mass is 16.6. The third kappa shape index (κ3) is 2.36. The molecule has 7 nitrogen and oxygen atoms in total. The van der Waals surface area contributed by atoms with E-state index in [4.69, 9.17) is 4.74 Å². The van der Waals surface area contributed by atoms with E-state index < -0.39 is 10.9 Å². The highest BCUT2D eigenvalue weighted by Crippen LogP contribution is 2.35. The Hall–Kier alpha value is -3.09. The normalized spacial score (nSPS) is 12.7. The number of fused-ring (bicyclic) bond motifs is 1. The number of carbonyl (C=O) groups is 2. The van der Waals surface area contributed by atoms with Gasteiger partial charge in [-0.2, -0.15) is 0 Å². The SMILES string of the molecule is CC(=O)c1c(C)nc2c(c1-c1ccc([N+](=O)[O-])cc1)C(=O)OC2. The monoisotopic (exact) mass is 312 g/mol. The van der Waals surface area contributed by atoms with E-state index in [9.17, 15) is 19.7 Å². The number of aromatic nitrogens is 1. The molecule has 0 saturated heterocycles. The van der Waals surface area contributed by atoms with Crippen LogP contribution in [0.1, 0.15) is 39.0 Å². The first-order valence-corrected chi connectivity index (χ1v) is 6.86. The Labute approximate surface area is 131 Å². The number of esters is 1. The van der Waals surface area contributed by atoms with Crippen molar-refractivity contribution in [3.8, 4) is 11.1 Å². The minimum atomic E-state index is -0.539. The van der Waals surface area contributed by atoms with Crippen molar-refractivity contribution in [2.24, 2.45) is 0 Å². The van der Waals surface area contributed by atoms with E-state index in [1.54, 1.807) is 6.92 Å². The van der Waals surface area contributed by atoms with Gasteiger partial charge in [-0.3, -0.25) is 19.9 Å². The molecule has 0 saturated carbocycles. The van der Waals surface area contributed by atoms with Crippen molar-refractivity contribution in [3.63, 3.8) is 0 Å². The number of pyridine rings is 1. The van der Waals surface area contributed by atoms with Gasteiger partial charge in [0.1, 0.15) is 6.61 Å². The van der Waals surface area contributed by atoms with Crippen molar-refractivity contribution in [3.05, 3.63) is 56.9 Å². The summed E-state index contributed by atoms with van der Waals surface area (Å²) in [4.78, 5) is 38.6. The molecule has 0 spiro atoms. The Morgan fingerprint density at radius 2 is 1.91 bits per heavy atom. The predicted octanol–water partition coefficient (Wildman–Crippen LogP) is 2.84. The van der Waals surface area contributed by atoms with E-state index in [1.807, 2.05) is 0 Å². The van der Waals surface area contributed by atoms with Crippen LogP contribution in [0.3, 0.4) is 0 Å². The summed E-state index contributed by atoms with van der Waals surface area (Å²) in [7, 11) is 0. The molecule has 1 aliphatic heterocycles. The first-order valence-electron chi connectivity index (χ1n) is 6.86. The van der Waals surface area contributed by atoms with Crippen LogP contribution in [0.5, 0.6) is 0 Å². The lowest BCUT2D eigenvalue weighted by Gasteiger charge is -2.13. The van der Waals surface area contributed by atoms with Gasteiger partial charge in [-0.25, -0.2) is 4.79 Å². The fourth-order valence-electron chi connectivity index (χ4n) is 2.76. The second-order valence-corrected chi connectivity index (χ2v) is 5.21.